The van der Waals surface area contributed by atoms with E-state index in [1.807, 2.05) is 13.8 Å². The summed E-state index contributed by atoms with van der Waals surface area (Å²) in [6, 6.07) is 4.91. The Morgan fingerprint density at radius 1 is 1.33 bits per heavy atom. The number of anilines is 2. The van der Waals surface area contributed by atoms with Crippen molar-refractivity contribution < 1.29 is 14.3 Å². The third-order valence-corrected chi connectivity index (χ3v) is 3.13. The fourth-order valence-corrected chi connectivity index (χ4v) is 1.80. The molecule has 1 rings (SSSR count). The Labute approximate surface area is 125 Å². The predicted molar refractivity (Wildman–Crippen MR) is 83.1 cm³/mol. The molecule has 116 valence electrons. The molecule has 0 saturated carbocycles. The number of rotatable bonds is 6. The van der Waals surface area contributed by atoms with Gasteiger partial charge in [-0.2, -0.15) is 0 Å². The van der Waals surface area contributed by atoms with Gasteiger partial charge in [-0.25, -0.2) is 4.79 Å². The Balaban J connectivity index is 2.78. The average Bonchev–Trinajstić information content (AvgIpc) is 2.45. The number of benzene rings is 1. The second-order valence-electron chi connectivity index (χ2n) is 5.34. The number of ether oxygens (including phenoxy) is 1. The summed E-state index contributed by atoms with van der Waals surface area (Å²) in [7, 11) is 1.60. The van der Waals surface area contributed by atoms with E-state index in [1.54, 1.807) is 32.2 Å². The second kappa shape index (κ2) is 6.97. The Morgan fingerprint density at radius 3 is 2.52 bits per heavy atom. The fraction of sp³-hybridized carbons (Fsp3) is 0.467. The van der Waals surface area contributed by atoms with E-state index >= 15 is 0 Å². The Morgan fingerprint density at radius 2 is 2.00 bits per heavy atom. The lowest BCUT2D eigenvalue weighted by Crippen LogP contribution is -2.39. The van der Waals surface area contributed by atoms with Crippen LogP contribution < -0.4 is 16.4 Å². The molecule has 0 aliphatic carbocycles. The first kappa shape index (κ1) is 16.8. The minimum Gasteiger partial charge on any atom is -0.462 e. The van der Waals surface area contributed by atoms with Crippen LogP contribution in [0.3, 0.4) is 0 Å². The van der Waals surface area contributed by atoms with Crippen LogP contribution in [0.15, 0.2) is 18.2 Å². The van der Waals surface area contributed by atoms with Gasteiger partial charge in [-0.15, -0.1) is 0 Å². The number of amides is 1. The van der Waals surface area contributed by atoms with Gasteiger partial charge < -0.3 is 21.1 Å². The molecule has 0 aliphatic rings. The standard InChI is InChI=1S/C15H23N3O3/c1-5-21-13(19)10-6-7-12(11(16)8-10)18-9-15(2,3)14(20)17-4/h6-8,18H,5,9,16H2,1-4H3,(H,17,20). The van der Waals surface area contributed by atoms with E-state index < -0.39 is 11.4 Å². The predicted octanol–water partition coefficient (Wildman–Crippen LogP) is 1.63. The van der Waals surface area contributed by atoms with Gasteiger partial charge in [-0.1, -0.05) is 0 Å². The summed E-state index contributed by atoms with van der Waals surface area (Å²) in [6.07, 6.45) is 0. The number of hydrogen-bond acceptors (Lipinski definition) is 5. The molecule has 1 aromatic rings. The van der Waals surface area contributed by atoms with Crippen LogP contribution in [0.1, 0.15) is 31.1 Å². The lowest BCUT2D eigenvalue weighted by atomic mass is 9.92. The monoisotopic (exact) mass is 293 g/mol. The van der Waals surface area contributed by atoms with Crippen molar-refractivity contribution in [2.45, 2.75) is 20.8 Å². The number of nitrogens with one attached hydrogen (secondary N) is 2. The number of carbonyl (C=O) groups excluding carboxylic acids is 2. The largest absolute Gasteiger partial charge is 0.462 e. The van der Waals surface area contributed by atoms with Crippen molar-refractivity contribution in [1.82, 2.24) is 5.32 Å². The summed E-state index contributed by atoms with van der Waals surface area (Å²) in [5.74, 6) is -0.460. The summed E-state index contributed by atoms with van der Waals surface area (Å²) in [6.45, 7) is 6.16. The van der Waals surface area contributed by atoms with E-state index in [0.29, 0.717) is 30.1 Å². The molecule has 0 fully saturated rings. The lowest BCUT2D eigenvalue weighted by molar-refractivity contribution is -0.128. The SMILES string of the molecule is CCOC(=O)c1ccc(NCC(C)(C)C(=O)NC)c(N)c1. The van der Waals surface area contributed by atoms with Gasteiger partial charge >= 0.3 is 5.97 Å². The van der Waals surface area contributed by atoms with Crippen LogP contribution in [0.5, 0.6) is 0 Å². The quantitative estimate of drug-likeness (QED) is 0.547. The van der Waals surface area contributed by atoms with E-state index in [2.05, 4.69) is 10.6 Å². The molecule has 0 saturated heterocycles. The van der Waals surface area contributed by atoms with Crippen molar-refractivity contribution in [3.8, 4) is 0 Å². The molecule has 6 heteroatoms. The molecule has 1 amide bonds. The highest BCUT2D eigenvalue weighted by molar-refractivity contribution is 5.92. The summed E-state index contributed by atoms with van der Waals surface area (Å²) in [5, 5.41) is 5.75. The van der Waals surface area contributed by atoms with Crippen molar-refractivity contribution >= 4 is 23.3 Å². The van der Waals surface area contributed by atoms with Crippen LogP contribution in [0.2, 0.25) is 0 Å². The number of hydrogen-bond donors (Lipinski definition) is 3. The number of esters is 1. The molecule has 6 nitrogen and oxygen atoms in total. The summed E-state index contributed by atoms with van der Waals surface area (Å²) in [4.78, 5) is 23.3. The smallest absolute Gasteiger partial charge is 0.338 e. The zero-order valence-electron chi connectivity index (χ0n) is 12.9. The van der Waals surface area contributed by atoms with Gasteiger partial charge in [0.1, 0.15) is 0 Å². The fourth-order valence-electron chi connectivity index (χ4n) is 1.80. The lowest BCUT2D eigenvalue weighted by Gasteiger charge is -2.24. The highest BCUT2D eigenvalue weighted by atomic mass is 16.5. The number of nitrogens with two attached hydrogens (primary N) is 1. The molecule has 0 spiro atoms. The van der Waals surface area contributed by atoms with E-state index in [-0.39, 0.29) is 5.91 Å². The van der Waals surface area contributed by atoms with E-state index in [4.69, 9.17) is 10.5 Å². The van der Waals surface area contributed by atoms with Crippen LogP contribution in [-0.2, 0) is 9.53 Å². The zero-order valence-corrected chi connectivity index (χ0v) is 12.9. The summed E-state index contributed by atoms with van der Waals surface area (Å²) in [5.41, 5.74) is 6.88. The number of carbonyl (C=O) groups is 2. The maximum atomic E-state index is 11.7. The summed E-state index contributed by atoms with van der Waals surface area (Å²) >= 11 is 0. The highest BCUT2D eigenvalue weighted by Gasteiger charge is 2.26. The van der Waals surface area contributed by atoms with Crippen LogP contribution in [-0.4, -0.2) is 32.1 Å². The van der Waals surface area contributed by atoms with Crippen molar-refractivity contribution in [2.75, 3.05) is 31.2 Å². The molecule has 0 heterocycles. The molecule has 4 N–H and O–H groups in total. The third-order valence-electron chi connectivity index (χ3n) is 3.13. The van der Waals surface area contributed by atoms with Crippen LogP contribution >= 0.6 is 0 Å². The van der Waals surface area contributed by atoms with Gasteiger partial charge in [0.25, 0.3) is 0 Å². The van der Waals surface area contributed by atoms with Crippen molar-refractivity contribution in [1.29, 1.82) is 0 Å². The molecule has 0 aromatic heterocycles. The molecular weight excluding hydrogens is 270 g/mol. The maximum absolute atomic E-state index is 11.7. The number of nitrogen functional groups attached to an aromatic ring is 1. The van der Waals surface area contributed by atoms with Gasteiger partial charge in [0.15, 0.2) is 0 Å². The molecule has 0 bridgehead atoms. The van der Waals surface area contributed by atoms with Crippen LogP contribution in [0.25, 0.3) is 0 Å². The minimum atomic E-state index is -0.568. The molecule has 0 aliphatic heterocycles. The molecular formula is C15H23N3O3. The van der Waals surface area contributed by atoms with Gasteiger partial charge in [-0.05, 0) is 39.0 Å². The van der Waals surface area contributed by atoms with Crippen molar-refractivity contribution in [3.05, 3.63) is 23.8 Å². The molecule has 21 heavy (non-hydrogen) atoms. The minimum absolute atomic E-state index is 0.0586. The first-order valence-electron chi connectivity index (χ1n) is 6.84. The molecule has 0 atom stereocenters. The van der Waals surface area contributed by atoms with Crippen LogP contribution in [0.4, 0.5) is 11.4 Å². The van der Waals surface area contributed by atoms with E-state index in [1.165, 1.54) is 0 Å². The van der Waals surface area contributed by atoms with E-state index in [0.717, 1.165) is 0 Å². The molecule has 0 radical (unpaired) electrons. The zero-order chi connectivity index (χ0) is 16.0. The van der Waals surface area contributed by atoms with Gasteiger partial charge in [0, 0.05) is 13.6 Å². The topological polar surface area (TPSA) is 93.4 Å². The first-order valence-corrected chi connectivity index (χ1v) is 6.84. The van der Waals surface area contributed by atoms with Gasteiger partial charge in [0.05, 0.1) is 29.0 Å². The van der Waals surface area contributed by atoms with Crippen molar-refractivity contribution in [3.63, 3.8) is 0 Å². The Kier molecular flexibility index (Phi) is 5.58. The first-order chi connectivity index (χ1) is 9.81. The molecule has 0 unspecified atom stereocenters. The summed E-state index contributed by atoms with van der Waals surface area (Å²) < 4.78 is 4.92. The molecule has 1 aromatic carbocycles. The Bertz CT molecular complexity index is 527. The van der Waals surface area contributed by atoms with Crippen molar-refractivity contribution in [2.24, 2.45) is 5.41 Å². The van der Waals surface area contributed by atoms with Gasteiger partial charge in [-0.3, -0.25) is 4.79 Å². The highest BCUT2D eigenvalue weighted by Crippen LogP contribution is 2.23. The maximum Gasteiger partial charge on any atom is 0.338 e. The second-order valence-corrected chi connectivity index (χ2v) is 5.34. The van der Waals surface area contributed by atoms with Gasteiger partial charge in [0.2, 0.25) is 5.91 Å². The third kappa shape index (κ3) is 4.37. The van der Waals surface area contributed by atoms with E-state index in [9.17, 15) is 9.59 Å². The average molecular weight is 293 g/mol. The Hall–Kier alpha value is -2.24. The van der Waals surface area contributed by atoms with Crippen LogP contribution in [0, 0.1) is 5.41 Å². The normalized spacial score (nSPS) is 10.9.